The molecule has 2 heteroatoms. The Morgan fingerprint density at radius 3 is 2.83 bits per heavy atom. The predicted molar refractivity (Wildman–Crippen MR) is 74.6 cm³/mol. The van der Waals surface area contributed by atoms with Gasteiger partial charge in [-0.15, -0.1) is 0 Å². The van der Waals surface area contributed by atoms with E-state index in [-0.39, 0.29) is 5.78 Å². The van der Waals surface area contributed by atoms with Gasteiger partial charge in [0.05, 0.1) is 0 Å². The molecule has 0 unspecified atom stereocenters. The minimum Gasteiger partial charge on any atom is -0.294 e. The second-order valence-corrected chi connectivity index (χ2v) is 5.08. The summed E-state index contributed by atoms with van der Waals surface area (Å²) in [5.41, 5.74) is 4.32. The molecule has 0 saturated heterocycles. The molecule has 0 fully saturated rings. The van der Waals surface area contributed by atoms with Crippen molar-refractivity contribution in [2.75, 3.05) is 0 Å². The molecular weight excluding hydrogens is 244 g/mol. The van der Waals surface area contributed by atoms with Crippen LogP contribution in [0.2, 0.25) is 5.02 Å². The summed E-state index contributed by atoms with van der Waals surface area (Å²) >= 11 is 6.07. The second-order valence-electron chi connectivity index (χ2n) is 4.64. The molecule has 18 heavy (non-hydrogen) atoms. The summed E-state index contributed by atoms with van der Waals surface area (Å²) in [6.07, 6.45) is 10.8. The number of rotatable bonds is 1. The Morgan fingerprint density at radius 2 is 2.06 bits per heavy atom. The summed E-state index contributed by atoms with van der Waals surface area (Å²) in [5, 5.41) is 0.717. The van der Waals surface area contributed by atoms with Gasteiger partial charge in [0.15, 0.2) is 5.78 Å². The standard InChI is InChI=1S/C16H13ClO/c17-13-7-6-12-8-14(18)10-16(15(12)9-13)11-4-2-1-3-5-11/h2,4-7,9-10H,1,3,8H2. The number of hydrogen-bond acceptors (Lipinski definition) is 1. The monoisotopic (exact) mass is 256 g/mol. The molecule has 2 aliphatic rings. The largest absolute Gasteiger partial charge is 0.294 e. The summed E-state index contributed by atoms with van der Waals surface area (Å²) in [4.78, 5) is 11.8. The van der Waals surface area contributed by atoms with Gasteiger partial charge in [0.2, 0.25) is 0 Å². The zero-order valence-corrected chi connectivity index (χ0v) is 10.7. The molecule has 0 amide bonds. The van der Waals surface area contributed by atoms with E-state index in [1.165, 1.54) is 0 Å². The zero-order valence-electron chi connectivity index (χ0n) is 9.95. The smallest absolute Gasteiger partial charge is 0.160 e. The van der Waals surface area contributed by atoms with Gasteiger partial charge in [-0.25, -0.2) is 0 Å². The van der Waals surface area contributed by atoms with Crippen LogP contribution in [0, 0.1) is 0 Å². The lowest BCUT2D eigenvalue weighted by molar-refractivity contribution is -0.114. The topological polar surface area (TPSA) is 17.1 Å². The predicted octanol–water partition coefficient (Wildman–Crippen LogP) is 4.13. The Labute approximate surface area is 111 Å². The van der Waals surface area contributed by atoms with Crippen LogP contribution in [0.3, 0.4) is 0 Å². The fraction of sp³-hybridized carbons (Fsp3) is 0.188. The number of halogens is 1. The Morgan fingerprint density at radius 1 is 1.17 bits per heavy atom. The van der Waals surface area contributed by atoms with Gasteiger partial charge in [0.1, 0.15) is 0 Å². The van der Waals surface area contributed by atoms with E-state index in [4.69, 9.17) is 11.6 Å². The molecule has 0 radical (unpaired) electrons. The van der Waals surface area contributed by atoms with Crippen molar-refractivity contribution in [3.8, 4) is 0 Å². The third kappa shape index (κ3) is 2.06. The molecule has 0 aliphatic heterocycles. The van der Waals surface area contributed by atoms with Crippen molar-refractivity contribution in [1.29, 1.82) is 0 Å². The molecule has 1 aromatic rings. The van der Waals surface area contributed by atoms with E-state index in [9.17, 15) is 4.79 Å². The van der Waals surface area contributed by atoms with Gasteiger partial charge in [-0.3, -0.25) is 4.79 Å². The molecule has 2 aliphatic carbocycles. The molecule has 0 bridgehead atoms. The van der Waals surface area contributed by atoms with E-state index in [1.807, 2.05) is 18.2 Å². The SMILES string of the molecule is O=C1C=C(C2=CCCC=C2)c2cc(Cl)ccc2C1. The first-order valence-corrected chi connectivity index (χ1v) is 6.52. The average molecular weight is 257 g/mol. The summed E-state index contributed by atoms with van der Waals surface area (Å²) in [7, 11) is 0. The van der Waals surface area contributed by atoms with E-state index in [2.05, 4.69) is 18.2 Å². The molecular formula is C16H13ClO. The maximum atomic E-state index is 11.8. The van der Waals surface area contributed by atoms with Crippen molar-refractivity contribution in [3.05, 3.63) is 64.2 Å². The van der Waals surface area contributed by atoms with Gasteiger partial charge in [-0.1, -0.05) is 35.9 Å². The van der Waals surface area contributed by atoms with Gasteiger partial charge in [-0.2, -0.15) is 0 Å². The van der Waals surface area contributed by atoms with Crippen molar-refractivity contribution in [2.45, 2.75) is 19.3 Å². The third-order valence-corrected chi connectivity index (χ3v) is 3.57. The summed E-state index contributed by atoms with van der Waals surface area (Å²) < 4.78 is 0. The highest BCUT2D eigenvalue weighted by atomic mass is 35.5. The lowest BCUT2D eigenvalue weighted by Crippen LogP contribution is -2.10. The summed E-state index contributed by atoms with van der Waals surface area (Å²) in [6, 6.07) is 5.76. The van der Waals surface area contributed by atoms with Crippen LogP contribution in [-0.4, -0.2) is 5.78 Å². The third-order valence-electron chi connectivity index (χ3n) is 3.34. The lowest BCUT2D eigenvalue weighted by atomic mass is 9.85. The fourth-order valence-electron chi connectivity index (χ4n) is 2.48. The van der Waals surface area contributed by atoms with Gasteiger partial charge in [0.25, 0.3) is 0 Å². The van der Waals surface area contributed by atoms with Crippen LogP contribution < -0.4 is 0 Å². The van der Waals surface area contributed by atoms with Crippen molar-refractivity contribution in [1.82, 2.24) is 0 Å². The number of benzene rings is 1. The van der Waals surface area contributed by atoms with Crippen LogP contribution >= 0.6 is 11.6 Å². The van der Waals surface area contributed by atoms with Crippen LogP contribution in [0.15, 0.2) is 48.1 Å². The normalized spacial score (nSPS) is 18.2. The first-order valence-electron chi connectivity index (χ1n) is 6.14. The first-order chi connectivity index (χ1) is 8.74. The van der Waals surface area contributed by atoms with Gasteiger partial charge in [-0.05, 0) is 53.3 Å². The highest BCUT2D eigenvalue weighted by Crippen LogP contribution is 2.34. The molecule has 0 aromatic heterocycles. The number of fused-ring (bicyclic) bond motifs is 1. The van der Waals surface area contributed by atoms with Crippen LogP contribution in [0.1, 0.15) is 24.0 Å². The maximum absolute atomic E-state index is 11.8. The first kappa shape index (κ1) is 11.5. The van der Waals surface area contributed by atoms with Crippen molar-refractivity contribution < 1.29 is 4.79 Å². The second kappa shape index (κ2) is 4.58. The Bertz CT molecular complexity index is 606. The molecule has 1 aromatic carbocycles. The number of ketones is 1. The highest BCUT2D eigenvalue weighted by Gasteiger charge is 2.19. The van der Waals surface area contributed by atoms with Gasteiger partial charge < -0.3 is 0 Å². The fourth-order valence-corrected chi connectivity index (χ4v) is 2.66. The molecule has 0 heterocycles. The van der Waals surface area contributed by atoms with Crippen LogP contribution in [0.4, 0.5) is 0 Å². The van der Waals surface area contributed by atoms with E-state index in [0.29, 0.717) is 6.42 Å². The number of carbonyl (C=O) groups excluding carboxylic acids is 1. The van der Waals surface area contributed by atoms with Gasteiger partial charge in [0, 0.05) is 11.4 Å². The minimum atomic E-state index is 0.166. The molecule has 1 nitrogen and oxygen atoms in total. The molecule has 0 spiro atoms. The lowest BCUT2D eigenvalue weighted by Gasteiger charge is -2.19. The van der Waals surface area contributed by atoms with E-state index in [0.717, 1.165) is 40.1 Å². The van der Waals surface area contributed by atoms with E-state index in [1.54, 1.807) is 6.08 Å². The Hall–Kier alpha value is -1.60. The average Bonchev–Trinajstić information content (AvgIpc) is 2.39. The van der Waals surface area contributed by atoms with Crippen molar-refractivity contribution in [2.24, 2.45) is 0 Å². The zero-order chi connectivity index (χ0) is 12.5. The number of allylic oxidation sites excluding steroid dienone is 6. The van der Waals surface area contributed by atoms with E-state index >= 15 is 0 Å². The molecule has 0 saturated carbocycles. The van der Waals surface area contributed by atoms with Crippen molar-refractivity contribution in [3.63, 3.8) is 0 Å². The number of hydrogen-bond donors (Lipinski definition) is 0. The van der Waals surface area contributed by atoms with E-state index < -0.39 is 0 Å². The summed E-state index contributed by atoms with van der Waals surface area (Å²) in [6.45, 7) is 0. The van der Waals surface area contributed by atoms with Gasteiger partial charge >= 0.3 is 0 Å². The maximum Gasteiger partial charge on any atom is 0.160 e. The Kier molecular flexibility index (Phi) is 2.92. The number of carbonyl (C=O) groups is 1. The van der Waals surface area contributed by atoms with Crippen molar-refractivity contribution >= 4 is 23.0 Å². The molecule has 0 N–H and O–H groups in total. The highest BCUT2D eigenvalue weighted by molar-refractivity contribution is 6.31. The molecule has 0 atom stereocenters. The molecule has 3 rings (SSSR count). The summed E-state index contributed by atoms with van der Waals surface area (Å²) in [5.74, 6) is 0.166. The quantitative estimate of drug-likeness (QED) is 0.739. The minimum absolute atomic E-state index is 0.166. The van der Waals surface area contributed by atoms with Crippen LogP contribution in [0.25, 0.3) is 5.57 Å². The molecule has 90 valence electrons. The van der Waals surface area contributed by atoms with Crippen LogP contribution in [-0.2, 0) is 11.2 Å². The van der Waals surface area contributed by atoms with Crippen LogP contribution in [0.5, 0.6) is 0 Å². The Balaban J connectivity index is 2.14.